The van der Waals surface area contributed by atoms with Crippen LogP contribution in [0.15, 0.2) is 18.2 Å². The molecule has 0 bridgehead atoms. The van der Waals surface area contributed by atoms with Crippen LogP contribution in [0.4, 0.5) is 8.78 Å². The van der Waals surface area contributed by atoms with Crippen molar-refractivity contribution in [1.82, 2.24) is 0 Å². The number of rotatable bonds is 3. The second-order valence-corrected chi connectivity index (χ2v) is 4.65. The first-order chi connectivity index (χ1) is 7.68. The molecule has 1 fully saturated rings. The van der Waals surface area contributed by atoms with Crippen LogP contribution in [0, 0.1) is 11.6 Å². The summed E-state index contributed by atoms with van der Waals surface area (Å²) in [5, 5.41) is 0. The summed E-state index contributed by atoms with van der Waals surface area (Å²) in [6.45, 7) is 0.552. The van der Waals surface area contributed by atoms with Gasteiger partial charge in [-0.05, 0) is 42.9 Å². The standard InChI is InChI=1S/C13H17F2N/c14-10-3-4-11(12(15)9-10)13(7-8-16)5-1-2-6-13/h3-4,9H,1-2,5-8,16H2. The van der Waals surface area contributed by atoms with Crippen molar-refractivity contribution in [2.75, 3.05) is 6.54 Å². The lowest BCUT2D eigenvalue weighted by atomic mass is 9.76. The van der Waals surface area contributed by atoms with Gasteiger partial charge in [0.1, 0.15) is 11.6 Å². The lowest BCUT2D eigenvalue weighted by molar-refractivity contribution is 0.390. The molecule has 1 saturated carbocycles. The summed E-state index contributed by atoms with van der Waals surface area (Å²) >= 11 is 0. The van der Waals surface area contributed by atoms with Crippen LogP contribution in [-0.2, 0) is 5.41 Å². The third-order valence-electron chi connectivity index (χ3n) is 3.69. The molecule has 0 amide bonds. The molecule has 0 saturated heterocycles. The molecular formula is C13H17F2N. The third-order valence-corrected chi connectivity index (χ3v) is 3.69. The van der Waals surface area contributed by atoms with Crippen molar-refractivity contribution >= 4 is 0 Å². The number of hydrogen-bond donors (Lipinski definition) is 1. The Morgan fingerprint density at radius 1 is 1.19 bits per heavy atom. The van der Waals surface area contributed by atoms with Gasteiger partial charge in [-0.1, -0.05) is 18.9 Å². The second-order valence-electron chi connectivity index (χ2n) is 4.65. The monoisotopic (exact) mass is 225 g/mol. The van der Waals surface area contributed by atoms with Gasteiger partial charge in [-0.15, -0.1) is 0 Å². The summed E-state index contributed by atoms with van der Waals surface area (Å²) in [5.74, 6) is -0.933. The van der Waals surface area contributed by atoms with Crippen molar-refractivity contribution in [3.63, 3.8) is 0 Å². The molecular weight excluding hydrogens is 208 g/mol. The van der Waals surface area contributed by atoms with Crippen molar-refractivity contribution in [3.05, 3.63) is 35.4 Å². The Morgan fingerprint density at radius 3 is 2.44 bits per heavy atom. The molecule has 16 heavy (non-hydrogen) atoms. The largest absolute Gasteiger partial charge is 0.330 e. The smallest absolute Gasteiger partial charge is 0.129 e. The van der Waals surface area contributed by atoms with Gasteiger partial charge in [-0.2, -0.15) is 0 Å². The maximum absolute atomic E-state index is 13.8. The first-order valence-corrected chi connectivity index (χ1v) is 5.83. The fourth-order valence-corrected chi connectivity index (χ4v) is 2.90. The maximum atomic E-state index is 13.8. The summed E-state index contributed by atoms with van der Waals surface area (Å²) in [4.78, 5) is 0. The normalized spacial score (nSPS) is 18.9. The molecule has 2 N–H and O–H groups in total. The van der Waals surface area contributed by atoms with Crippen molar-refractivity contribution in [3.8, 4) is 0 Å². The first kappa shape index (κ1) is 11.5. The van der Waals surface area contributed by atoms with Gasteiger partial charge in [0, 0.05) is 6.07 Å². The highest BCUT2D eigenvalue weighted by molar-refractivity contribution is 5.29. The van der Waals surface area contributed by atoms with Crippen LogP contribution in [0.1, 0.15) is 37.7 Å². The topological polar surface area (TPSA) is 26.0 Å². The van der Waals surface area contributed by atoms with Gasteiger partial charge in [0.15, 0.2) is 0 Å². The number of hydrogen-bond acceptors (Lipinski definition) is 1. The SMILES string of the molecule is NCCC1(c2ccc(F)cc2F)CCCC1. The van der Waals surface area contributed by atoms with Gasteiger partial charge in [0.2, 0.25) is 0 Å². The Kier molecular flexibility index (Phi) is 3.24. The van der Waals surface area contributed by atoms with E-state index in [4.69, 9.17) is 5.73 Å². The highest BCUT2D eigenvalue weighted by Gasteiger charge is 2.36. The zero-order chi connectivity index (χ0) is 11.6. The van der Waals surface area contributed by atoms with Crippen molar-refractivity contribution < 1.29 is 8.78 Å². The molecule has 0 heterocycles. The van der Waals surface area contributed by atoms with E-state index in [0.29, 0.717) is 12.1 Å². The minimum atomic E-state index is -0.512. The van der Waals surface area contributed by atoms with E-state index in [-0.39, 0.29) is 5.41 Å². The second kappa shape index (κ2) is 4.50. The molecule has 1 aliphatic carbocycles. The van der Waals surface area contributed by atoms with E-state index in [1.54, 1.807) is 6.07 Å². The van der Waals surface area contributed by atoms with Crippen molar-refractivity contribution in [1.29, 1.82) is 0 Å². The van der Waals surface area contributed by atoms with E-state index in [1.807, 2.05) is 0 Å². The molecule has 1 aromatic carbocycles. The minimum Gasteiger partial charge on any atom is -0.330 e. The van der Waals surface area contributed by atoms with Crippen LogP contribution < -0.4 is 5.73 Å². The summed E-state index contributed by atoms with van der Waals surface area (Å²) in [7, 11) is 0. The van der Waals surface area contributed by atoms with Crippen LogP contribution in [0.25, 0.3) is 0 Å². The molecule has 0 unspecified atom stereocenters. The van der Waals surface area contributed by atoms with Crippen LogP contribution in [0.3, 0.4) is 0 Å². The van der Waals surface area contributed by atoms with Gasteiger partial charge in [-0.25, -0.2) is 8.78 Å². The summed E-state index contributed by atoms with van der Waals surface area (Å²) in [6, 6.07) is 3.91. The Morgan fingerprint density at radius 2 is 1.88 bits per heavy atom. The molecule has 1 nitrogen and oxygen atoms in total. The van der Waals surface area contributed by atoms with Crippen LogP contribution in [0.2, 0.25) is 0 Å². The predicted octanol–water partition coefficient (Wildman–Crippen LogP) is 3.13. The maximum Gasteiger partial charge on any atom is 0.129 e. The zero-order valence-electron chi connectivity index (χ0n) is 9.31. The third kappa shape index (κ3) is 1.96. The van der Waals surface area contributed by atoms with Crippen LogP contribution in [0.5, 0.6) is 0 Å². The minimum absolute atomic E-state index is 0.146. The summed E-state index contributed by atoms with van der Waals surface area (Å²) < 4.78 is 26.7. The molecule has 88 valence electrons. The fourth-order valence-electron chi connectivity index (χ4n) is 2.90. The molecule has 3 heteroatoms. The number of halogens is 2. The van der Waals surface area contributed by atoms with Gasteiger partial charge in [0.05, 0.1) is 0 Å². The highest BCUT2D eigenvalue weighted by Crippen LogP contribution is 2.44. The molecule has 0 radical (unpaired) electrons. The average Bonchev–Trinajstić information content (AvgIpc) is 2.67. The zero-order valence-corrected chi connectivity index (χ0v) is 9.31. The Bertz CT molecular complexity index is 370. The summed E-state index contributed by atoms with van der Waals surface area (Å²) in [6.07, 6.45) is 4.93. The predicted molar refractivity (Wildman–Crippen MR) is 60.2 cm³/mol. The van der Waals surface area contributed by atoms with Gasteiger partial charge >= 0.3 is 0 Å². The lowest BCUT2D eigenvalue weighted by Gasteiger charge is -2.29. The average molecular weight is 225 g/mol. The molecule has 1 aliphatic rings. The number of nitrogens with two attached hydrogens (primary N) is 1. The van der Waals surface area contributed by atoms with Crippen molar-refractivity contribution in [2.24, 2.45) is 5.73 Å². The van der Waals surface area contributed by atoms with Crippen LogP contribution >= 0.6 is 0 Å². The Hall–Kier alpha value is -0.960. The first-order valence-electron chi connectivity index (χ1n) is 5.83. The lowest BCUT2D eigenvalue weighted by Crippen LogP contribution is -2.27. The fraction of sp³-hybridized carbons (Fsp3) is 0.538. The van der Waals surface area contributed by atoms with Crippen molar-refractivity contribution in [2.45, 2.75) is 37.5 Å². The van der Waals surface area contributed by atoms with E-state index in [1.165, 1.54) is 6.07 Å². The summed E-state index contributed by atoms with van der Waals surface area (Å²) in [5.41, 5.74) is 6.12. The Balaban J connectivity index is 2.38. The molecule has 0 aromatic heterocycles. The molecule has 0 aliphatic heterocycles. The van der Waals surface area contributed by atoms with Gasteiger partial charge < -0.3 is 5.73 Å². The quantitative estimate of drug-likeness (QED) is 0.840. The molecule has 2 rings (SSSR count). The Labute approximate surface area is 94.7 Å². The molecule has 0 atom stereocenters. The van der Waals surface area contributed by atoms with E-state index in [0.717, 1.165) is 38.2 Å². The van der Waals surface area contributed by atoms with Gasteiger partial charge in [-0.3, -0.25) is 0 Å². The van der Waals surface area contributed by atoms with E-state index < -0.39 is 11.6 Å². The van der Waals surface area contributed by atoms with E-state index in [9.17, 15) is 8.78 Å². The van der Waals surface area contributed by atoms with Crippen LogP contribution in [-0.4, -0.2) is 6.54 Å². The molecule has 1 aromatic rings. The van der Waals surface area contributed by atoms with E-state index in [2.05, 4.69) is 0 Å². The number of benzene rings is 1. The van der Waals surface area contributed by atoms with Gasteiger partial charge in [0.25, 0.3) is 0 Å². The van der Waals surface area contributed by atoms with E-state index >= 15 is 0 Å². The molecule has 0 spiro atoms. The highest BCUT2D eigenvalue weighted by atomic mass is 19.1.